The van der Waals surface area contributed by atoms with Gasteiger partial charge in [0, 0.05) is 0 Å². The van der Waals surface area contributed by atoms with Gasteiger partial charge in [-0.2, -0.15) is 13.2 Å². The summed E-state index contributed by atoms with van der Waals surface area (Å²) in [5.74, 6) is -12.0. The van der Waals surface area contributed by atoms with Gasteiger partial charge >= 0.3 is 6.18 Å². The number of hydrogen-bond donors (Lipinski definition) is 2. The van der Waals surface area contributed by atoms with Crippen LogP contribution in [0.15, 0.2) is 30.3 Å². The van der Waals surface area contributed by atoms with E-state index in [1.807, 2.05) is 0 Å². The SMILES string of the molecule is N[C@@H](C/C=C/c1ccc(F)cc1)C(=O)Nc1c(F)c(F)c(C(F)(F)F)c(F)c1F. The summed E-state index contributed by atoms with van der Waals surface area (Å²) in [6.45, 7) is 0. The smallest absolute Gasteiger partial charge is 0.320 e. The van der Waals surface area contributed by atoms with Gasteiger partial charge in [0.2, 0.25) is 5.91 Å². The fourth-order valence-corrected chi connectivity index (χ4v) is 2.24. The van der Waals surface area contributed by atoms with E-state index >= 15 is 0 Å². The van der Waals surface area contributed by atoms with Gasteiger partial charge in [-0.15, -0.1) is 0 Å². The van der Waals surface area contributed by atoms with Crippen LogP contribution < -0.4 is 11.1 Å². The lowest BCUT2D eigenvalue weighted by Gasteiger charge is -2.16. The summed E-state index contributed by atoms with van der Waals surface area (Å²) in [5, 5.41) is 1.45. The molecule has 0 bridgehead atoms. The van der Waals surface area contributed by atoms with Crippen LogP contribution in [0.1, 0.15) is 17.5 Å². The number of anilines is 1. The van der Waals surface area contributed by atoms with E-state index in [-0.39, 0.29) is 6.42 Å². The van der Waals surface area contributed by atoms with Crippen molar-refractivity contribution in [2.75, 3.05) is 5.32 Å². The first-order valence-electron chi connectivity index (χ1n) is 7.85. The van der Waals surface area contributed by atoms with E-state index in [0.29, 0.717) is 5.56 Å². The van der Waals surface area contributed by atoms with Crippen molar-refractivity contribution < 1.29 is 39.9 Å². The van der Waals surface area contributed by atoms with Gasteiger partial charge < -0.3 is 11.1 Å². The summed E-state index contributed by atoms with van der Waals surface area (Å²) in [4.78, 5) is 11.9. The minimum atomic E-state index is -5.69. The fourth-order valence-electron chi connectivity index (χ4n) is 2.24. The highest BCUT2D eigenvalue weighted by molar-refractivity contribution is 5.95. The van der Waals surface area contributed by atoms with Gasteiger partial charge in [-0.1, -0.05) is 24.3 Å². The summed E-state index contributed by atoms with van der Waals surface area (Å²) in [7, 11) is 0. The Labute approximate surface area is 158 Å². The van der Waals surface area contributed by atoms with Gasteiger partial charge in [-0.3, -0.25) is 4.79 Å². The average Bonchev–Trinajstić information content (AvgIpc) is 2.64. The first kappa shape index (κ1) is 22.3. The number of benzene rings is 2. The molecule has 0 aliphatic heterocycles. The molecule has 0 aliphatic rings. The molecule has 0 aliphatic carbocycles. The predicted molar refractivity (Wildman–Crippen MR) is 87.9 cm³/mol. The topological polar surface area (TPSA) is 55.1 Å². The molecule has 3 N–H and O–H groups in total. The number of hydrogen-bond acceptors (Lipinski definition) is 2. The van der Waals surface area contributed by atoms with Crippen LogP contribution in [0.5, 0.6) is 0 Å². The van der Waals surface area contributed by atoms with E-state index < -0.39 is 58.5 Å². The van der Waals surface area contributed by atoms with E-state index in [1.165, 1.54) is 41.7 Å². The first-order valence-corrected chi connectivity index (χ1v) is 7.85. The van der Waals surface area contributed by atoms with Gasteiger partial charge in [0.25, 0.3) is 0 Å². The Balaban J connectivity index is 2.16. The van der Waals surface area contributed by atoms with Crippen molar-refractivity contribution in [3.05, 3.63) is 70.6 Å². The van der Waals surface area contributed by atoms with Gasteiger partial charge in [-0.25, -0.2) is 22.0 Å². The molecular formula is C18H12F8N2O. The highest BCUT2D eigenvalue weighted by Crippen LogP contribution is 2.38. The van der Waals surface area contributed by atoms with Crippen molar-refractivity contribution in [3.8, 4) is 0 Å². The van der Waals surface area contributed by atoms with Crippen LogP contribution in [0.3, 0.4) is 0 Å². The number of halogens is 8. The van der Waals surface area contributed by atoms with Gasteiger partial charge in [-0.05, 0) is 24.1 Å². The molecule has 3 nitrogen and oxygen atoms in total. The van der Waals surface area contributed by atoms with Crippen LogP contribution in [-0.4, -0.2) is 11.9 Å². The first-order chi connectivity index (χ1) is 13.4. The molecule has 1 atom stereocenters. The highest BCUT2D eigenvalue weighted by Gasteiger charge is 2.42. The molecule has 0 spiro atoms. The average molecular weight is 424 g/mol. The maximum absolute atomic E-state index is 13.8. The molecule has 2 rings (SSSR count). The lowest BCUT2D eigenvalue weighted by molar-refractivity contribution is -0.143. The summed E-state index contributed by atoms with van der Waals surface area (Å²) >= 11 is 0. The monoisotopic (exact) mass is 424 g/mol. The molecule has 0 saturated heterocycles. The molecule has 2 aromatic rings. The predicted octanol–water partition coefficient (Wildman–Crippen LogP) is 4.77. The zero-order valence-corrected chi connectivity index (χ0v) is 14.3. The van der Waals surface area contributed by atoms with Crippen molar-refractivity contribution in [2.45, 2.75) is 18.6 Å². The molecular weight excluding hydrogens is 412 g/mol. The Kier molecular flexibility index (Phi) is 6.62. The van der Waals surface area contributed by atoms with Crippen LogP contribution in [-0.2, 0) is 11.0 Å². The van der Waals surface area contributed by atoms with E-state index in [2.05, 4.69) is 0 Å². The minimum Gasteiger partial charge on any atom is -0.320 e. The molecule has 29 heavy (non-hydrogen) atoms. The van der Waals surface area contributed by atoms with E-state index in [1.54, 1.807) is 0 Å². The van der Waals surface area contributed by atoms with Crippen molar-refractivity contribution in [1.82, 2.24) is 0 Å². The molecule has 0 aromatic heterocycles. The van der Waals surface area contributed by atoms with Crippen LogP contribution in [0.2, 0.25) is 0 Å². The maximum Gasteiger partial charge on any atom is 0.422 e. The zero-order valence-electron chi connectivity index (χ0n) is 14.3. The second-order valence-electron chi connectivity index (χ2n) is 5.79. The second-order valence-corrected chi connectivity index (χ2v) is 5.79. The third-order valence-electron chi connectivity index (χ3n) is 3.70. The molecule has 0 unspecified atom stereocenters. The van der Waals surface area contributed by atoms with Gasteiger partial charge in [0.1, 0.15) is 17.1 Å². The molecule has 0 fully saturated rings. The van der Waals surface area contributed by atoms with Gasteiger partial charge in [0.05, 0.1) is 6.04 Å². The molecule has 0 heterocycles. The second kappa shape index (κ2) is 8.60. The van der Waals surface area contributed by atoms with Crippen molar-refractivity contribution >= 4 is 17.7 Å². The normalized spacial score (nSPS) is 13.0. The number of carbonyl (C=O) groups is 1. The third kappa shape index (κ3) is 5.11. The zero-order chi connectivity index (χ0) is 21.9. The minimum absolute atomic E-state index is 0.210. The van der Waals surface area contributed by atoms with Crippen molar-refractivity contribution in [2.24, 2.45) is 5.73 Å². The Bertz CT molecular complexity index is 909. The standard InChI is InChI=1S/C18H12F8N2O/c19-9-6-4-8(5-7-9)2-1-3-10(27)17(29)28-16-14(22)12(20)11(18(24,25)26)13(21)15(16)23/h1-2,4-7,10H,3,27H2,(H,28,29)/b2-1+/t10-/m0/s1. The lowest BCUT2D eigenvalue weighted by atomic mass is 10.1. The Morgan fingerprint density at radius 2 is 1.48 bits per heavy atom. The summed E-state index contributed by atoms with van der Waals surface area (Å²) in [6, 6.07) is 3.71. The molecule has 0 radical (unpaired) electrons. The van der Waals surface area contributed by atoms with Crippen LogP contribution >= 0.6 is 0 Å². The quantitative estimate of drug-likeness (QED) is 0.537. The van der Waals surface area contributed by atoms with Crippen molar-refractivity contribution in [3.63, 3.8) is 0 Å². The Morgan fingerprint density at radius 3 is 1.97 bits per heavy atom. The molecule has 1 amide bonds. The van der Waals surface area contributed by atoms with Crippen molar-refractivity contribution in [1.29, 1.82) is 0 Å². The Hall–Kier alpha value is -2.95. The van der Waals surface area contributed by atoms with Crippen LogP contribution in [0.4, 0.5) is 40.8 Å². The van der Waals surface area contributed by atoms with E-state index in [9.17, 15) is 39.9 Å². The Morgan fingerprint density at radius 1 is 0.966 bits per heavy atom. The van der Waals surface area contributed by atoms with Gasteiger partial charge in [0.15, 0.2) is 23.3 Å². The number of amides is 1. The highest BCUT2D eigenvalue weighted by atomic mass is 19.4. The largest absolute Gasteiger partial charge is 0.422 e. The fraction of sp³-hybridized carbons (Fsp3) is 0.167. The molecule has 11 heteroatoms. The molecule has 2 aromatic carbocycles. The lowest BCUT2D eigenvalue weighted by Crippen LogP contribution is -2.36. The van der Waals surface area contributed by atoms with Crippen LogP contribution in [0.25, 0.3) is 6.08 Å². The van der Waals surface area contributed by atoms with Crippen LogP contribution in [0, 0.1) is 29.1 Å². The third-order valence-corrected chi connectivity index (χ3v) is 3.70. The molecule has 0 saturated carbocycles. The summed E-state index contributed by atoms with van der Waals surface area (Å²) in [5.41, 5.74) is 1.56. The number of carbonyl (C=O) groups excluding carboxylic acids is 1. The number of nitrogens with two attached hydrogens (primary N) is 1. The summed E-state index contributed by atoms with van der Waals surface area (Å²) < 4.78 is 105. The molecule has 156 valence electrons. The maximum atomic E-state index is 13.8. The van der Waals surface area contributed by atoms with E-state index in [4.69, 9.17) is 5.73 Å². The number of alkyl halides is 3. The van der Waals surface area contributed by atoms with E-state index in [0.717, 1.165) is 0 Å². The number of nitrogens with one attached hydrogen (secondary N) is 1. The summed E-state index contributed by atoms with van der Waals surface area (Å²) in [6.07, 6.45) is -3.10. The number of rotatable bonds is 5.